The Morgan fingerprint density at radius 3 is 2.47 bits per heavy atom. The minimum atomic E-state index is -1.63. The minimum absolute atomic E-state index is 0.0290. The van der Waals surface area contributed by atoms with E-state index in [-0.39, 0.29) is 36.1 Å². The highest BCUT2D eigenvalue weighted by Crippen LogP contribution is 2.40. The molecule has 1 fully saturated rings. The van der Waals surface area contributed by atoms with Gasteiger partial charge in [0.15, 0.2) is 6.10 Å². The van der Waals surface area contributed by atoms with Gasteiger partial charge in [-0.05, 0) is 69.5 Å². The van der Waals surface area contributed by atoms with Crippen molar-refractivity contribution in [3.63, 3.8) is 0 Å². The van der Waals surface area contributed by atoms with Crippen LogP contribution in [0.15, 0.2) is 72.8 Å². The van der Waals surface area contributed by atoms with Crippen molar-refractivity contribution in [1.29, 1.82) is 0 Å². The van der Waals surface area contributed by atoms with E-state index in [1.165, 1.54) is 22.7 Å². The Morgan fingerprint density at radius 2 is 1.74 bits per heavy atom. The lowest BCUT2D eigenvalue weighted by Gasteiger charge is -2.33. The van der Waals surface area contributed by atoms with E-state index in [2.05, 4.69) is 10.6 Å². The molecule has 4 N–H and O–H groups in total. The highest BCUT2D eigenvalue weighted by Gasteiger charge is 2.49. The van der Waals surface area contributed by atoms with E-state index in [1.807, 2.05) is 75.4 Å². The van der Waals surface area contributed by atoms with Gasteiger partial charge >= 0.3 is 0 Å². The van der Waals surface area contributed by atoms with Crippen LogP contribution in [0.1, 0.15) is 47.8 Å². The van der Waals surface area contributed by atoms with Crippen LogP contribution in [0, 0.1) is 6.92 Å². The maximum atomic E-state index is 13.9. The fourth-order valence-electron chi connectivity index (χ4n) is 5.18. The summed E-state index contributed by atoms with van der Waals surface area (Å²) >= 11 is 1.45. The lowest BCUT2D eigenvalue weighted by Crippen LogP contribution is -2.58. The first-order valence-electron chi connectivity index (χ1n) is 14.3. The van der Waals surface area contributed by atoms with Gasteiger partial charge < -0.3 is 30.5 Å². The predicted molar refractivity (Wildman–Crippen MR) is 167 cm³/mol. The van der Waals surface area contributed by atoms with Crippen molar-refractivity contribution in [1.82, 2.24) is 15.5 Å². The first-order valence-corrected chi connectivity index (χ1v) is 15.3. The molecule has 0 radical (unpaired) electrons. The summed E-state index contributed by atoms with van der Waals surface area (Å²) in [4.78, 5) is 42.1. The molecule has 3 atom stereocenters. The number of thioether (sulfide) groups is 1. The van der Waals surface area contributed by atoms with E-state index in [0.29, 0.717) is 17.9 Å². The van der Waals surface area contributed by atoms with Gasteiger partial charge in [-0.15, -0.1) is 11.8 Å². The van der Waals surface area contributed by atoms with E-state index in [0.717, 1.165) is 11.1 Å². The van der Waals surface area contributed by atoms with E-state index >= 15 is 0 Å². The molecule has 0 aliphatic carbocycles. The number of nitrogens with one attached hydrogen (secondary N) is 2. The van der Waals surface area contributed by atoms with E-state index in [1.54, 1.807) is 19.1 Å². The molecule has 228 valence electrons. The quantitative estimate of drug-likeness (QED) is 0.262. The maximum Gasteiger partial charge on any atom is 0.254 e. The van der Waals surface area contributed by atoms with Crippen LogP contribution in [0.25, 0.3) is 0 Å². The molecular weight excluding hydrogens is 566 g/mol. The van der Waals surface area contributed by atoms with Gasteiger partial charge in [-0.25, -0.2) is 0 Å². The molecule has 10 heteroatoms. The second-order valence-corrected chi connectivity index (χ2v) is 12.6. The summed E-state index contributed by atoms with van der Waals surface area (Å²) in [7, 11) is 0. The standard InChI is InChI=1S/C33H39N3O6S/c1-5-42-24-14-9-13-23(17-24)19-34-31(40)29-33(3,4)43-20-36(29)32(41)28(38)26(18-22-11-7-6-8-12-22)35-30(39)25-15-10-16-27(37)21(25)2/h6-17,26,28-29,37-38H,5,18-20H2,1-4H3,(H,34,40)(H,35,39)/t26-,28-,29+/m0/s1. The Bertz CT molecular complexity index is 1450. The lowest BCUT2D eigenvalue weighted by molar-refractivity contribution is -0.147. The molecule has 1 saturated heterocycles. The topological polar surface area (TPSA) is 128 Å². The average Bonchev–Trinajstić information content (AvgIpc) is 3.31. The molecule has 0 spiro atoms. The monoisotopic (exact) mass is 605 g/mol. The largest absolute Gasteiger partial charge is 0.508 e. The Labute approximate surface area is 256 Å². The molecule has 0 unspecified atom stereocenters. The molecule has 3 aromatic carbocycles. The van der Waals surface area contributed by atoms with Crippen molar-refractivity contribution in [2.24, 2.45) is 0 Å². The summed E-state index contributed by atoms with van der Waals surface area (Å²) in [6, 6.07) is 19.4. The molecule has 9 nitrogen and oxygen atoms in total. The summed E-state index contributed by atoms with van der Waals surface area (Å²) in [5, 5.41) is 27.3. The number of phenolic OH excluding ortho intramolecular Hbond substituents is 1. The van der Waals surface area contributed by atoms with Crippen LogP contribution in [0.2, 0.25) is 0 Å². The molecule has 1 aliphatic rings. The van der Waals surface area contributed by atoms with E-state index in [4.69, 9.17) is 4.74 Å². The number of aliphatic hydroxyl groups excluding tert-OH is 1. The van der Waals surface area contributed by atoms with E-state index in [9.17, 15) is 24.6 Å². The third-order valence-electron chi connectivity index (χ3n) is 7.55. The predicted octanol–water partition coefficient (Wildman–Crippen LogP) is 3.80. The van der Waals surface area contributed by atoms with Crippen LogP contribution in [0.5, 0.6) is 11.5 Å². The Hall–Kier alpha value is -4.02. The lowest BCUT2D eigenvalue weighted by atomic mass is 9.96. The highest BCUT2D eigenvalue weighted by atomic mass is 32.2. The molecule has 0 saturated carbocycles. The fourth-order valence-corrected chi connectivity index (χ4v) is 6.32. The summed E-state index contributed by atoms with van der Waals surface area (Å²) in [6.07, 6.45) is -1.45. The fraction of sp³-hybridized carbons (Fsp3) is 0.364. The number of ether oxygens (including phenoxy) is 1. The molecule has 3 amide bonds. The SMILES string of the molecule is CCOc1cccc(CNC(=O)[C@H]2N(C(=O)[C@@H](O)[C@H](Cc3ccccc3)NC(=O)c3cccc(O)c3C)CSC2(C)C)c1. The highest BCUT2D eigenvalue weighted by molar-refractivity contribution is 8.00. The van der Waals surface area contributed by atoms with Crippen LogP contribution >= 0.6 is 11.8 Å². The molecule has 4 rings (SSSR count). The minimum Gasteiger partial charge on any atom is -0.508 e. The van der Waals surface area contributed by atoms with Crippen LogP contribution in [0.4, 0.5) is 0 Å². The summed E-state index contributed by atoms with van der Waals surface area (Å²) in [5.74, 6) is -0.627. The third-order valence-corrected chi connectivity index (χ3v) is 8.93. The van der Waals surface area contributed by atoms with Crippen molar-refractivity contribution in [3.05, 3.63) is 95.1 Å². The maximum absolute atomic E-state index is 13.9. The van der Waals surface area contributed by atoms with Crippen LogP contribution in [0.3, 0.4) is 0 Å². The van der Waals surface area contributed by atoms with Crippen molar-refractivity contribution < 1.29 is 29.3 Å². The number of phenols is 1. The molecule has 0 bridgehead atoms. The number of benzene rings is 3. The summed E-state index contributed by atoms with van der Waals surface area (Å²) in [5.41, 5.74) is 2.29. The number of aromatic hydroxyl groups is 1. The van der Waals surface area contributed by atoms with Gasteiger partial charge in [0.25, 0.3) is 11.8 Å². The molecular formula is C33H39N3O6S. The van der Waals surface area contributed by atoms with Crippen molar-refractivity contribution in [3.8, 4) is 11.5 Å². The summed E-state index contributed by atoms with van der Waals surface area (Å²) in [6.45, 7) is 8.09. The molecule has 1 heterocycles. The van der Waals surface area contributed by atoms with Crippen molar-refractivity contribution in [2.45, 2.75) is 63.6 Å². The summed E-state index contributed by atoms with van der Waals surface area (Å²) < 4.78 is 4.93. The number of carbonyl (C=O) groups excluding carboxylic acids is 3. The Balaban J connectivity index is 1.54. The molecule has 0 aromatic heterocycles. The molecule has 43 heavy (non-hydrogen) atoms. The van der Waals surface area contributed by atoms with Crippen LogP contribution in [-0.4, -0.2) is 68.3 Å². The Morgan fingerprint density at radius 1 is 1.05 bits per heavy atom. The zero-order valence-corrected chi connectivity index (χ0v) is 25.7. The number of hydrogen-bond donors (Lipinski definition) is 4. The van der Waals surface area contributed by atoms with Gasteiger partial charge in [0.2, 0.25) is 5.91 Å². The number of carbonyl (C=O) groups is 3. The molecule has 3 aromatic rings. The first kappa shape index (κ1) is 31.9. The van der Waals surface area contributed by atoms with Gasteiger partial charge in [0, 0.05) is 22.4 Å². The Kier molecular flexibility index (Phi) is 10.4. The number of hydrogen-bond acceptors (Lipinski definition) is 7. The van der Waals surface area contributed by atoms with Gasteiger partial charge in [-0.3, -0.25) is 14.4 Å². The van der Waals surface area contributed by atoms with Gasteiger partial charge in [0.1, 0.15) is 17.5 Å². The zero-order valence-electron chi connectivity index (χ0n) is 24.9. The molecule has 1 aliphatic heterocycles. The van der Waals surface area contributed by atoms with Crippen LogP contribution in [-0.2, 0) is 22.6 Å². The number of nitrogens with zero attached hydrogens (tertiary/aromatic N) is 1. The van der Waals surface area contributed by atoms with E-state index < -0.39 is 34.7 Å². The second-order valence-electron chi connectivity index (χ2n) is 11.0. The van der Waals surface area contributed by atoms with Gasteiger partial charge in [-0.2, -0.15) is 0 Å². The number of aliphatic hydroxyl groups is 1. The van der Waals surface area contributed by atoms with Crippen molar-refractivity contribution >= 4 is 29.5 Å². The second kappa shape index (κ2) is 14.0. The number of rotatable bonds is 11. The third kappa shape index (κ3) is 7.69. The first-order chi connectivity index (χ1) is 20.5. The normalized spacial score (nSPS) is 17.1. The zero-order chi connectivity index (χ0) is 31.1. The number of amides is 3. The van der Waals surface area contributed by atoms with Gasteiger partial charge in [-0.1, -0.05) is 48.5 Å². The van der Waals surface area contributed by atoms with Crippen molar-refractivity contribution in [2.75, 3.05) is 12.5 Å². The smallest absolute Gasteiger partial charge is 0.254 e. The van der Waals surface area contributed by atoms with Gasteiger partial charge in [0.05, 0.1) is 18.5 Å². The average molecular weight is 606 g/mol. The van der Waals surface area contributed by atoms with Crippen LogP contribution < -0.4 is 15.4 Å².